The molecule has 3 heteroatoms. The van der Waals surface area contributed by atoms with Crippen LogP contribution in [0.1, 0.15) is 12.5 Å². The number of rotatable bonds is 2. The fourth-order valence-electron chi connectivity index (χ4n) is 2.36. The molecule has 2 rings (SSSR count). The highest BCUT2D eigenvalue weighted by Gasteiger charge is 2.28. The number of hydrogen-bond donors (Lipinski definition) is 2. The van der Waals surface area contributed by atoms with E-state index in [0.717, 1.165) is 0 Å². The summed E-state index contributed by atoms with van der Waals surface area (Å²) in [6.45, 7) is 2.58. The number of hydrogen-bond acceptors (Lipinski definition) is 2. The molecule has 0 saturated heterocycles. The van der Waals surface area contributed by atoms with E-state index in [1.54, 1.807) is 0 Å². The average Bonchev–Trinajstić information content (AvgIpc) is 2.36. The summed E-state index contributed by atoms with van der Waals surface area (Å²) >= 11 is 0. The first kappa shape index (κ1) is 11.9. The Morgan fingerprint density at radius 3 is 2.53 bits per heavy atom. The summed E-state index contributed by atoms with van der Waals surface area (Å²) in [5.74, 6) is 0.790. The normalized spacial score (nSPS) is 24.8. The van der Waals surface area contributed by atoms with E-state index in [2.05, 4.69) is 25.1 Å². The van der Waals surface area contributed by atoms with Gasteiger partial charge in [-0.15, -0.1) is 0 Å². The Labute approximate surface area is 102 Å². The van der Waals surface area contributed by atoms with E-state index in [9.17, 15) is 0 Å². The van der Waals surface area contributed by atoms with Gasteiger partial charge in [0, 0.05) is 19.5 Å². The van der Waals surface area contributed by atoms with Crippen LogP contribution in [0.5, 0.6) is 0 Å². The van der Waals surface area contributed by atoms with E-state index in [4.69, 9.17) is 11.1 Å². The molecule has 0 radical (unpaired) electrons. The summed E-state index contributed by atoms with van der Waals surface area (Å²) in [5.41, 5.74) is 8.29. The monoisotopic (exact) mass is 229 g/mol. The molecule has 1 aromatic carbocycles. The Kier molecular flexibility index (Phi) is 3.29. The molecule has 90 valence electrons. The zero-order chi connectivity index (χ0) is 12.4. The fraction of sp³-hybridized carbons (Fsp3) is 0.357. The van der Waals surface area contributed by atoms with Crippen LogP contribution in [0, 0.1) is 11.3 Å². The Hall–Kier alpha value is -1.61. The van der Waals surface area contributed by atoms with Crippen molar-refractivity contribution in [1.29, 1.82) is 5.41 Å². The molecular formula is C14H19N3. The van der Waals surface area contributed by atoms with Crippen LogP contribution in [-0.2, 0) is 0 Å². The molecule has 0 spiro atoms. The van der Waals surface area contributed by atoms with Gasteiger partial charge in [-0.3, -0.25) is 5.41 Å². The molecule has 17 heavy (non-hydrogen) atoms. The fourth-order valence-corrected chi connectivity index (χ4v) is 2.36. The van der Waals surface area contributed by atoms with Crippen LogP contribution in [0.3, 0.4) is 0 Å². The second kappa shape index (κ2) is 4.72. The van der Waals surface area contributed by atoms with Gasteiger partial charge >= 0.3 is 0 Å². The van der Waals surface area contributed by atoms with Gasteiger partial charge in [0.1, 0.15) is 5.84 Å². The van der Waals surface area contributed by atoms with Gasteiger partial charge in [-0.2, -0.15) is 0 Å². The lowest BCUT2D eigenvalue weighted by atomic mass is 9.89. The van der Waals surface area contributed by atoms with Crippen molar-refractivity contribution < 1.29 is 0 Å². The first-order valence-corrected chi connectivity index (χ1v) is 5.93. The summed E-state index contributed by atoms with van der Waals surface area (Å²) in [7, 11) is 1.95. The minimum absolute atomic E-state index is 0.112. The van der Waals surface area contributed by atoms with Gasteiger partial charge in [0.05, 0.1) is 6.04 Å². The van der Waals surface area contributed by atoms with Crippen molar-refractivity contribution in [3.05, 3.63) is 42.0 Å². The van der Waals surface area contributed by atoms with Gasteiger partial charge in [-0.05, 0) is 11.1 Å². The van der Waals surface area contributed by atoms with Gasteiger partial charge < -0.3 is 10.6 Å². The molecule has 3 N–H and O–H groups in total. The van der Waals surface area contributed by atoms with Crippen molar-refractivity contribution in [2.75, 3.05) is 13.6 Å². The molecule has 1 aromatic rings. The van der Waals surface area contributed by atoms with Crippen molar-refractivity contribution in [3.63, 3.8) is 0 Å². The largest absolute Gasteiger partial charge is 0.355 e. The van der Waals surface area contributed by atoms with E-state index in [1.807, 2.05) is 30.1 Å². The Bertz CT molecular complexity index is 436. The zero-order valence-electron chi connectivity index (χ0n) is 10.4. The quantitative estimate of drug-likeness (QED) is 0.814. The maximum atomic E-state index is 8.01. The van der Waals surface area contributed by atoms with Crippen LogP contribution >= 0.6 is 0 Å². The third-order valence-electron chi connectivity index (χ3n) is 3.40. The summed E-state index contributed by atoms with van der Waals surface area (Å²) < 4.78 is 0. The maximum absolute atomic E-state index is 8.01. The van der Waals surface area contributed by atoms with Crippen LogP contribution in [0.4, 0.5) is 0 Å². The van der Waals surface area contributed by atoms with Gasteiger partial charge in [-0.25, -0.2) is 0 Å². The molecule has 2 unspecified atom stereocenters. The molecule has 0 amide bonds. The third-order valence-corrected chi connectivity index (χ3v) is 3.40. The number of nitrogens with zero attached hydrogens (tertiary/aromatic N) is 1. The summed E-state index contributed by atoms with van der Waals surface area (Å²) in [4.78, 5) is 1.98. The predicted molar refractivity (Wildman–Crippen MR) is 71.9 cm³/mol. The van der Waals surface area contributed by atoms with Crippen LogP contribution in [-0.4, -0.2) is 30.4 Å². The van der Waals surface area contributed by atoms with Crippen LogP contribution < -0.4 is 5.73 Å². The molecule has 0 aliphatic carbocycles. The molecule has 0 fully saturated rings. The lowest BCUT2D eigenvalue weighted by Crippen LogP contribution is -2.47. The van der Waals surface area contributed by atoms with Crippen LogP contribution in [0.2, 0.25) is 0 Å². The Morgan fingerprint density at radius 1 is 1.29 bits per heavy atom. The predicted octanol–water partition coefficient (Wildman–Crippen LogP) is 1.96. The van der Waals surface area contributed by atoms with Gasteiger partial charge in [0.2, 0.25) is 0 Å². The smallest absolute Gasteiger partial charge is 0.103 e. The molecule has 0 saturated carbocycles. The van der Waals surface area contributed by atoms with E-state index < -0.39 is 0 Å². The SMILES string of the molecule is CC1C=C(c2ccccc2)C(CN)N(C)C1=N. The average molecular weight is 229 g/mol. The Balaban J connectivity index is 2.44. The summed E-state index contributed by atoms with van der Waals surface area (Å²) in [5, 5.41) is 8.01. The molecule has 2 atom stereocenters. The zero-order valence-corrected chi connectivity index (χ0v) is 10.4. The lowest BCUT2D eigenvalue weighted by Gasteiger charge is -2.37. The van der Waals surface area contributed by atoms with Crippen molar-refractivity contribution in [1.82, 2.24) is 4.90 Å². The molecule has 3 nitrogen and oxygen atoms in total. The molecular weight excluding hydrogens is 210 g/mol. The van der Waals surface area contributed by atoms with Gasteiger partial charge in [0.15, 0.2) is 0 Å². The van der Waals surface area contributed by atoms with Crippen molar-refractivity contribution in [3.8, 4) is 0 Å². The van der Waals surface area contributed by atoms with Gasteiger partial charge in [0.25, 0.3) is 0 Å². The standard InChI is InChI=1S/C14H19N3/c1-10-8-12(11-6-4-3-5-7-11)13(9-15)17(2)14(10)16/h3-8,10,13,16H,9,15H2,1-2H3. The first-order valence-electron chi connectivity index (χ1n) is 5.93. The summed E-state index contributed by atoms with van der Waals surface area (Å²) in [6, 6.07) is 10.4. The molecule has 1 heterocycles. The van der Waals surface area contributed by atoms with Crippen LogP contribution in [0.15, 0.2) is 36.4 Å². The van der Waals surface area contributed by atoms with E-state index in [1.165, 1.54) is 11.1 Å². The van der Waals surface area contributed by atoms with E-state index in [-0.39, 0.29) is 12.0 Å². The molecule has 0 bridgehead atoms. The molecule has 1 aliphatic rings. The van der Waals surface area contributed by atoms with Crippen molar-refractivity contribution >= 4 is 11.4 Å². The summed E-state index contributed by atoms with van der Waals surface area (Å²) in [6.07, 6.45) is 2.16. The van der Waals surface area contributed by atoms with E-state index in [0.29, 0.717) is 12.4 Å². The van der Waals surface area contributed by atoms with Crippen LogP contribution in [0.25, 0.3) is 5.57 Å². The first-order chi connectivity index (χ1) is 8.15. The minimum Gasteiger partial charge on any atom is -0.355 e. The van der Waals surface area contributed by atoms with E-state index >= 15 is 0 Å². The van der Waals surface area contributed by atoms with Crippen molar-refractivity contribution in [2.24, 2.45) is 11.7 Å². The van der Waals surface area contributed by atoms with Gasteiger partial charge in [-0.1, -0.05) is 43.3 Å². The topological polar surface area (TPSA) is 53.1 Å². The number of amidine groups is 1. The minimum atomic E-state index is 0.112. The number of nitrogens with two attached hydrogens (primary N) is 1. The molecule has 0 aromatic heterocycles. The number of nitrogens with one attached hydrogen (secondary N) is 1. The maximum Gasteiger partial charge on any atom is 0.103 e. The molecule has 1 aliphatic heterocycles. The third kappa shape index (κ3) is 2.11. The number of likely N-dealkylation sites (N-methyl/N-ethyl adjacent to an activating group) is 1. The highest BCUT2D eigenvalue weighted by molar-refractivity contribution is 5.90. The lowest BCUT2D eigenvalue weighted by molar-refractivity contribution is 0.412. The van der Waals surface area contributed by atoms with Crippen molar-refractivity contribution in [2.45, 2.75) is 13.0 Å². The highest BCUT2D eigenvalue weighted by atomic mass is 15.2. The Morgan fingerprint density at radius 2 is 1.94 bits per heavy atom. The number of benzene rings is 1. The highest BCUT2D eigenvalue weighted by Crippen LogP contribution is 2.28. The second-order valence-electron chi connectivity index (χ2n) is 4.52. The second-order valence-corrected chi connectivity index (χ2v) is 4.52.